The average Bonchev–Trinajstić information content (AvgIpc) is 3.18. The van der Waals surface area contributed by atoms with Gasteiger partial charge in [0.05, 0.1) is 11.4 Å². The molecule has 0 aliphatic rings. The van der Waals surface area contributed by atoms with Crippen molar-refractivity contribution >= 4 is 32.3 Å². The van der Waals surface area contributed by atoms with E-state index in [-0.39, 0.29) is 0 Å². The van der Waals surface area contributed by atoms with Gasteiger partial charge in [-0.25, -0.2) is 9.97 Å². The lowest BCUT2D eigenvalue weighted by molar-refractivity contribution is 1.18. The maximum atomic E-state index is 5.27. The van der Waals surface area contributed by atoms with E-state index in [1.165, 1.54) is 43.4 Å². The molecule has 0 bridgehead atoms. The van der Waals surface area contributed by atoms with E-state index in [4.69, 9.17) is 9.97 Å². The lowest BCUT2D eigenvalue weighted by atomic mass is 9.91. The Morgan fingerprint density at radius 1 is 0.250 bits per heavy atom. The van der Waals surface area contributed by atoms with Crippen molar-refractivity contribution in [3.8, 4) is 56.2 Å². The summed E-state index contributed by atoms with van der Waals surface area (Å²) in [6, 6.07) is 64.4. The van der Waals surface area contributed by atoms with Crippen LogP contribution in [0.1, 0.15) is 0 Å². The standard InChI is InChI=1S/C46H30N2/c1-4-14-32(15-5-1)43-44(33-16-6-2-7-17-33)47-46(35-18-8-3-9-19-35)48-45(43)34-26-24-31(25-27-34)36-28-29-41-39-22-11-10-20-37(39)38-21-12-13-23-40(38)42(41)30-36/h1-30H. The fraction of sp³-hybridized carbons (Fsp3) is 0. The van der Waals surface area contributed by atoms with Crippen LogP contribution >= 0.6 is 0 Å². The Hall–Kier alpha value is -6.38. The summed E-state index contributed by atoms with van der Waals surface area (Å²) < 4.78 is 0. The minimum atomic E-state index is 0.710. The second-order valence-electron chi connectivity index (χ2n) is 12.1. The quantitative estimate of drug-likeness (QED) is 0.181. The molecule has 0 saturated carbocycles. The summed E-state index contributed by atoms with van der Waals surface area (Å²) in [5, 5.41) is 7.69. The fourth-order valence-electron chi connectivity index (χ4n) is 6.98. The Morgan fingerprint density at radius 2 is 0.625 bits per heavy atom. The molecule has 0 radical (unpaired) electrons. The SMILES string of the molecule is c1ccc(-c2nc(-c3ccccc3)c(-c3ccccc3)c(-c3ccc(-c4ccc5c6ccccc6c6ccccc6c5c4)cc3)n2)cc1. The predicted molar refractivity (Wildman–Crippen MR) is 202 cm³/mol. The first-order valence-electron chi connectivity index (χ1n) is 16.3. The second kappa shape index (κ2) is 11.8. The van der Waals surface area contributed by atoms with Crippen molar-refractivity contribution < 1.29 is 0 Å². The van der Waals surface area contributed by atoms with Crippen molar-refractivity contribution in [1.29, 1.82) is 0 Å². The summed E-state index contributed by atoms with van der Waals surface area (Å²) in [5.41, 5.74) is 9.40. The van der Waals surface area contributed by atoms with Crippen molar-refractivity contribution in [3.05, 3.63) is 182 Å². The van der Waals surface area contributed by atoms with E-state index in [1.54, 1.807) is 0 Å². The van der Waals surface area contributed by atoms with E-state index in [0.717, 1.165) is 39.2 Å². The molecule has 8 aromatic carbocycles. The van der Waals surface area contributed by atoms with Crippen LogP contribution in [0.15, 0.2) is 182 Å². The third-order valence-corrected chi connectivity index (χ3v) is 9.29. The lowest BCUT2D eigenvalue weighted by Crippen LogP contribution is -2.00. The number of benzene rings is 8. The summed E-state index contributed by atoms with van der Waals surface area (Å²) in [6.07, 6.45) is 0. The van der Waals surface area contributed by atoms with Gasteiger partial charge in [0, 0.05) is 22.3 Å². The van der Waals surface area contributed by atoms with Crippen molar-refractivity contribution in [2.75, 3.05) is 0 Å². The highest BCUT2D eigenvalue weighted by Gasteiger charge is 2.20. The minimum absolute atomic E-state index is 0.710. The first kappa shape index (κ1) is 27.9. The van der Waals surface area contributed by atoms with Crippen molar-refractivity contribution in [2.24, 2.45) is 0 Å². The Labute approximate surface area is 279 Å². The Morgan fingerprint density at radius 3 is 1.17 bits per heavy atom. The molecule has 0 atom stereocenters. The summed E-state index contributed by atoms with van der Waals surface area (Å²) in [6.45, 7) is 0. The highest BCUT2D eigenvalue weighted by atomic mass is 14.9. The van der Waals surface area contributed by atoms with Gasteiger partial charge in [0.15, 0.2) is 5.82 Å². The molecule has 9 rings (SSSR count). The summed E-state index contributed by atoms with van der Waals surface area (Å²) in [7, 11) is 0. The highest BCUT2D eigenvalue weighted by molar-refractivity contribution is 6.25. The van der Waals surface area contributed by atoms with Crippen LogP contribution < -0.4 is 0 Å². The largest absolute Gasteiger partial charge is 0.227 e. The van der Waals surface area contributed by atoms with Crippen molar-refractivity contribution in [2.45, 2.75) is 0 Å². The summed E-state index contributed by atoms with van der Waals surface area (Å²) in [4.78, 5) is 10.5. The van der Waals surface area contributed by atoms with Crippen LogP contribution in [0.4, 0.5) is 0 Å². The van der Waals surface area contributed by atoms with Gasteiger partial charge < -0.3 is 0 Å². The molecule has 2 heteroatoms. The first-order chi connectivity index (χ1) is 23.8. The molecule has 0 aliphatic carbocycles. The minimum Gasteiger partial charge on any atom is -0.227 e. The Bertz CT molecular complexity index is 2540. The van der Waals surface area contributed by atoms with Gasteiger partial charge in [0.25, 0.3) is 0 Å². The lowest BCUT2D eigenvalue weighted by Gasteiger charge is -2.17. The van der Waals surface area contributed by atoms with E-state index in [9.17, 15) is 0 Å². The van der Waals surface area contributed by atoms with Gasteiger partial charge in [-0.05, 0) is 55.1 Å². The molecule has 1 heterocycles. The van der Waals surface area contributed by atoms with Crippen LogP contribution in [0.5, 0.6) is 0 Å². The molecule has 224 valence electrons. The van der Waals surface area contributed by atoms with Crippen LogP contribution in [0, 0.1) is 0 Å². The molecule has 48 heavy (non-hydrogen) atoms. The fourth-order valence-corrected chi connectivity index (χ4v) is 6.98. The van der Waals surface area contributed by atoms with E-state index in [1.807, 2.05) is 24.3 Å². The number of aromatic nitrogens is 2. The third-order valence-electron chi connectivity index (χ3n) is 9.29. The van der Waals surface area contributed by atoms with Crippen LogP contribution in [-0.2, 0) is 0 Å². The molecular formula is C46H30N2. The van der Waals surface area contributed by atoms with Gasteiger partial charge in [-0.15, -0.1) is 0 Å². The molecule has 0 amide bonds. The van der Waals surface area contributed by atoms with Gasteiger partial charge in [-0.3, -0.25) is 0 Å². The molecule has 0 saturated heterocycles. The zero-order chi connectivity index (χ0) is 31.9. The number of fused-ring (bicyclic) bond motifs is 6. The molecule has 1 aromatic heterocycles. The van der Waals surface area contributed by atoms with Crippen LogP contribution in [-0.4, -0.2) is 9.97 Å². The van der Waals surface area contributed by atoms with E-state index < -0.39 is 0 Å². The molecule has 0 fully saturated rings. The number of rotatable bonds is 5. The van der Waals surface area contributed by atoms with E-state index in [0.29, 0.717) is 5.82 Å². The highest BCUT2D eigenvalue weighted by Crippen LogP contribution is 2.41. The van der Waals surface area contributed by atoms with E-state index in [2.05, 4.69) is 158 Å². The number of hydrogen-bond acceptors (Lipinski definition) is 2. The van der Waals surface area contributed by atoms with Crippen LogP contribution in [0.2, 0.25) is 0 Å². The molecule has 0 aliphatic heterocycles. The normalized spacial score (nSPS) is 11.3. The zero-order valence-corrected chi connectivity index (χ0v) is 26.2. The monoisotopic (exact) mass is 610 g/mol. The van der Waals surface area contributed by atoms with Gasteiger partial charge in [-0.2, -0.15) is 0 Å². The molecular weight excluding hydrogens is 581 g/mol. The topological polar surface area (TPSA) is 25.8 Å². The van der Waals surface area contributed by atoms with Crippen LogP contribution in [0.25, 0.3) is 88.5 Å². The van der Waals surface area contributed by atoms with Gasteiger partial charge in [0.1, 0.15) is 0 Å². The summed E-state index contributed by atoms with van der Waals surface area (Å²) in [5.74, 6) is 0.710. The smallest absolute Gasteiger partial charge is 0.160 e. The molecule has 0 spiro atoms. The average molecular weight is 611 g/mol. The molecule has 9 aromatic rings. The van der Waals surface area contributed by atoms with Crippen LogP contribution in [0.3, 0.4) is 0 Å². The predicted octanol–water partition coefficient (Wildman–Crippen LogP) is 12.3. The molecule has 0 N–H and O–H groups in total. The maximum absolute atomic E-state index is 5.27. The third kappa shape index (κ3) is 4.83. The Kier molecular flexibility index (Phi) is 6.84. The Balaban J connectivity index is 1.23. The zero-order valence-electron chi connectivity index (χ0n) is 26.2. The van der Waals surface area contributed by atoms with Gasteiger partial charge in [0.2, 0.25) is 0 Å². The van der Waals surface area contributed by atoms with Gasteiger partial charge in [-0.1, -0.05) is 176 Å². The van der Waals surface area contributed by atoms with E-state index >= 15 is 0 Å². The van der Waals surface area contributed by atoms with Crippen molar-refractivity contribution in [3.63, 3.8) is 0 Å². The molecule has 0 unspecified atom stereocenters. The maximum Gasteiger partial charge on any atom is 0.160 e. The first-order valence-corrected chi connectivity index (χ1v) is 16.3. The number of nitrogens with zero attached hydrogens (tertiary/aromatic N) is 2. The van der Waals surface area contributed by atoms with Crippen molar-refractivity contribution in [1.82, 2.24) is 9.97 Å². The number of hydrogen-bond donors (Lipinski definition) is 0. The van der Waals surface area contributed by atoms with Gasteiger partial charge >= 0.3 is 0 Å². The molecule has 2 nitrogen and oxygen atoms in total. The summed E-state index contributed by atoms with van der Waals surface area (Å²) >= 11 is 0. The second-order valence-corrected chi connectivity index (χ2v) is 12.1.